The summed E-state index contributed by atoms with van der Waals surface area (Å²) in [4.78, 5) is 0. The molecule has 4 radical (unpaired) electrons. The molecule has 1 heterocycles. The highest BCUT2D eigenvalue weighted by molar-refractivity contribution is 5.75. The Morgan fingerprint density at radius 3 is 1.50 bits per heavy atom. The van der Waals surface area contributed by atoms with Crippen molar-refractivity contribution in [3.8, 4) is 0 Å². The van der Waals surface area contributed by atoms with E-state index in [2.05, 4.69) is 14.1 Å². The lowest BCUT2D eigenvalue weighted by molar-refractivity contribution is -0.877. The number of likely N-dealkylation sites (tertiary alicyclic amines) is 1. The highest BCUT2D eigenvalue weighted by Crippen LogP contribution is 2.11. The van der Waals surface area contributed by atoms with Crippen molar-refractivity contribution in [1.82, 2.24) is 0 Å². The van der Waals surface area contributed by atoms with Gasteiger partial charge in [0.25, 0.3) is 0 Å². The minimum atomic E-state index is 0. The Labute approximate surface area is 53.9 Å². The van der Waals surface area contributed by atoms with Crippen LogP contribution in [0, 0.1) is 0 Å². The van der Waals surface area contributed by atoms with Crippen LogP contribution in [0.25, 0.3) is 0 Å². The van der Waals surface area contributed by atoms with E-state index in [0.29, 0.717) is 0 Å². The first-order valence-electron chi connectivity index (χ1n) is 3.03. The van der Waals surface area contributed by atoms with E-state index in [0.717, 1.165) is 0 Å². The summed E-state index contributed by atoms with van der Waals surface area (Å²) in [6.45, 7) is 2.78. The molecular formula is C6H14BN. The van der Waals surface area contributed by atoms with Gasteiger partial charge in [-0.05, 0) is 0 Å². The van der Waals surface area contributed by atoms with Gasteiger partial charge in [-0.15, -0.1) is 0 Å². The second kappa shape index (κ2) is 2.54. The molecule has 0 aromatic carbocycles. The molecule has 1 saturated heterocycles. The van der Waals surface area contributed by atoms with Gasteiger partial charge in [0.05, 0.1) is 27.2 Å². The highest BCUT2D eigenvalue weighted by atomic mass is 15.3. The number of rotatable bonds is 0. The quantitative estimate of drug-likeness (QED) is 0.315. The van der Waals surface area contributed by atoms with Crippen LogP contribution < -0.4 is 0 Å². The molecule has 0 aromatic heterocycles. The Bertz CT molecular complexity index is 62.9. The molecule has 1 fully saturated rings. The molecule has 2 heteroatoms. The van der Waals surface area contributed by atoms with E-state index >= 15 is 0 Å². The Hall–Kier alpha value is 0.0249. The molecule has 0 amide bonds. The third-order valence-corrected chi connectivity index (χ3v) is 1.78. The first kappa shape index (κ1) is 8.02. The topological polar surface area (TPSA) is 0 Å². The molecule has 46 valence electrons. The van der Waals surface area contributed by atoms with Crippen molar-refractivity contribution >= 4 is 8.41 Å². The van der Waals surface area contributed by atoms with E-state index in [1.54, 1.807) is 0 Å². The zero-order valence-corrected chi connectivity index (χ0v) is 5.85. The van der Waals surface area contributed by atoms with Gasteiger partial charge in [-0.3, -0.25) is 0 Å². The fraction of sp³-hybridized carbons (Fsp3) is 1.00. The van der Waals surface area contributed by atoms with Crippen LogP contribution in [0.2, 0.25) is 0 Å². The van der Waals surface area contributed by atoms with Gasteiger partial charge in [-0.25, -0.2) is 0 Å². The first-order valence-corrected chi connectivity index (χ1v) is 3.03. The number of hydrogen-bond acceptors (Lipinski definition) is 0. The summed E-state index contributed by atoms with van der Waals surface area (Å²) >= 11 is 0. The summed E-state index contributed by atoms with van der Waals surface area (Å²) in [7, 11) is 4.60. The van der Waals surface area contributed by atoms with Gasteiger partial charge >= 0.3 is 0 Å². The van der Waals surface area contributed by atoms with Gasteiger partial charge in [0.15, 0.2) is 0 Å². The molecule has 0 aromatic rings. The lowest BCUT2D eigenvalue weighted by atomic mass is 10.4. The molecule has 0 N–H and O–H groups in total. The highest BCUT2D eigenvalue weighted by Gasteiger charge is 2.19. The van der Waals surface area contributed by atoms with Crippen molar-refractivity contribution in [3.05, 3.63) is 0 Å². The van der Waals surface area contributed by atoms with Gasteiger partial charge in [0.1, 0.15) is 0 Å². The second-order valence-electron chi connectivity index (χ2n) is 3.09. The summed E-state index contributed by atoms with van der Waals surface area (Å²) in [6.07, 6.45) is 2.88. The van der Waals surface area contributed by atoms with Crippen LogP contribution in [0.5, 0.6) is 0 Å². The molecule has 8 heavy (non-hydrogen) atoms. The third-order valence-electron chi connectivity index (χ3n) is 1.78. The molecule has 1 aliphatic rings. The summed E-state index contributed by atoms with van der Waals surface area (Å²) < 4.78 is 1.25. The van der Waals surface area contributed by atoms with Crippen molar-refractivity contribution in [3.63, 3.8) is 0 Å². The van der Waals surface area contributed by atoms with Crippen molar-refractivity contribution in [1.29, 1.82) is 0 Å². The van der Waals surface area contributed by atoms with E-state index in [-0.39, 0.29) is 8.41 Å². The molecule has 0 unspecified atom stereocenters. The lowest BCUT2D eigenvalue weighted by Gasteiger charge is -2.21. The molecule has 0 bridgehead atoms. The summed E-state index contributed by atoms with van der Waals surface area (Å²) in [5.41, 5.74) is 0. The van der Waals surface area contributed by atoms with Crippen LogP contribution in [0.4, 0.5) is 0 Å². The van der Waals surface area contributed by atoms with Gasteiger partial charge in [0.2, 0.25) is 0 Å². The fourth-order valence-electron chi connectivity index (χ4n) is 1.19. The zero-order valence-electron chi connectivity index (χ0n) is 5.85. The molecule has 1 rings (SSSR count). The molecule has 0 saturated carbocycles. The predicted octanol–water partition coefficient (Wildman–Crippen LogP) is 0.476. The summed E-state index contributed by atoms with van der Waals surface area (Å²) in [6, 6.07) is 0. The smallest absolute Gasteiger partial charge is 0.0784 e. The second-order valence-corrected chi connectivity index (χ2v) is 3.09. The molecule has 1 nitrogen and oxygen atoms in total. The van der Waals surface area contributed by atoms with Crippen molar-refractivity contribution in [2.75, 3.05) is 27.2 Å². The largest absolute Gasteiger partial charge is 1.00 e. The van der Waals surface area contributed by atoms with E-state index in [1.807, 2.05) is 0 Å². The molecule has 1 aliphatic heterocycles. The van der Waals surface area contributed by atoms with Gasteiger partial charge in [-0.2, -0.15) is 0 Å². The van der Waals surface area contributed by atoms with Crippen LogP contribution in [0.15, 0.2) is 0 Å². The third kappa shape index (κ3) is 1.87. The maximum absolute atomic E-state index is 2.30. The van der Waals surface area contributed by atoms with Crippen LogP contribution >= 0.6 is 0 Å². The van der Waals surface area contributed by atoms with Crippen molar-refractivity contribution in [2.45, 2.75) is 12.8 Å². The summed E-state index contributed by atoms with van der Waals surface area (Å²) in [5.74, 6) is 0. The van der Waals surface area contributed by atoms with Gasteiger partial charge in [-0.1, -0.05) is 0 Å². The SMILES string of the molecule is C[N+]1(C)CCCC1.[B-]. The Morgan fingerprint density at radius 2 is 1.38 bits per heavy atom. The minimum Gasteiger partial charge on any atom is -1.00 e. The Balaban J connectivity index is 0.000000490. The van der Waals surface area contributed by atoms with Gasteiger partial charge < -0.3 is 12.9 Å². The Morgan fingerprint density at radius 1 is 1.00 bits per heavy atom. The molecule has 0 aliphatic carbocycles. The molecule has 0 atom stereocenters. The van der Waals surface area contributed by atoms with Crippen LogP contribution in [-0.4, -0.2) is 40.1 Å². The standard InChI is InChI=1S/C6H14N.B/c1-7(2)5-3-4-6-7;/h3-6H2,1-2H3;/q+1;-1. The Kier molecular flexibility index (Phi) is 2.55. The summed E-state index contributed by atoms with van der Waals surface area (Å²) in [5, 5.41) is 0. The van der Waals surface area contributed by atoms with Gasteiger partial charge in [0, 0.05) is 12.8 Å². The number of quaternary nitrogens is 1. The average Bonchev–Trinajstić information content (AvgIpc) is 1.84. The first-order chi connectivity index (χ1) is 3.21. The molecule has 0 spiro atoms. The van der Waals surface area contributed by atoms with Crippen molar-refractivity contribution in [2.24, 2.45) is 0 Å². The average molecular weight is 111 g/mol. The predicted molar refractivity (Wildman–Crippen MR) is 36.8 cm³/mol. The van der Waals surface area contributed by atoms with E-state index in [4.69, 9.17) is 0 Å². The van der Waals surface area contributed by atoms with Crippen LogP contribution in [0.1, 0.15) is 12.8 Å². The zero-order chi connectivity index (χ0) is 5.33. The maximum atomic E-state index is 2.30. The maximum Gasteiger partial charge on any atom is 0.0784 e. The van der Waals surface area contributed by atoms with Crippen LogP contribution in [-0.2, 0) is 0 Å². The van der Waals surface area contributed by atoms with E-state index in [9.17, 15) is 0 Å². The van der Waals surface area contributed by atoms with Crippen molar-refractivity contribution < 1.29 is 4.48 Å². The number of hydrogen-bond donors (Lipinski definition) is 0. The minimum absolute atomic E-state index is 0. The van der Waals surface area contributed by atoms with E-state index < -0.39 is 0 Å². The normalized spacial score (nSPS) is 24.8. The monoisotopic (exact) mass is 111 g/mol. The molecular weight excluding hydrogens is 96.9 g/mol. The number of nitrogens with zero attached hydrogens (tertiary/aromatic N) is 1. The fourth-order valence-corrected chi connectivity index (χ4v) is 1.19. The van der Waals surface area contributed by atoms with E-state index in [1.165, 1.54) is 30.4 Å². The lowest BCUT2D eigenvalue weighted by Crippen LogP contribution is -2.35. The van der Waals surface area contributed by atoms with Crippen LogP contribution in [0.3, 0.4) is 0 Å².